The van der Waals surface area contributed by atoms with Crippen molar-refractivity contribution < 1.29 is 9.90 Å². The Morgan fingerprint density at radius 3 is 2.19 bits per heavy atom. The number of hydrogen-bond acceptors (Lipinski definition) is 1. The molecule has 0 heterocycles. The first-order chi connectivity index (χ1) is 7.69. The van der Waals surface area contributed by atoms with Gasteiger partial charge in [0.1, 0.15) is 0 Å². The minimum Gasteiger partial charge on any atom is -0.481 e. The molecule has 0 aromatic heterocycles. The van der Waals surface area contributed by atoms with Crippen molar-refractivity contribution in [2.75, 3.05) is 0 Å². The predicted molar refractivity (Wildman–Crippen MR) is 64.8 cm³/mol. The van der Waals surface area contributed by atoms with Crippen molar-refractivity contribution in [1.29, 1.82) is 0 Å². The normalized spacial score (nSPS) is 10.6. The van der Waals surface area contributed by atoms with Gasteiger partial charge in [0.2, 0.25) is 0 Å². The van der Waals surface area contributed by atoms with E-state index in [4.69, 9.17) is 16.7 Å². The number of rotatable bonds is 3. The third-order valence-electron chi connectivity index (χ3n) is 2.48. The lowest BCUT2D eigenvalue weighted by atomic mass is 10.0. The van der Waals surface area contributed by atoms with Crippen molar-refractivity contribution in [2.45, 2.75) is 12.3 Å². The highest BCUT2D eigenvalue weighted by Crippen LogP contribution is 2.19. The summed E-state index contributed by atoms with van der Waals surface area (Å²) in [4.78, 5) is 10.6. The summed E-state index contributed by atoms with van der Waals surface area (Å²) in [5.74, 6) is -0.316. The molecular formula is C13H11ClO2. The fourth-order valence-electron chi connectivity index (χ4n) is 1.71. The Bertz CT molecular complexity index is 534. The average molecular weight is 235 g/mol. The minimum atomic E-state index is -0.809. The largest absolute Gasteiger partial charge is 0.481 e. The molecule has 0 radical (unpaired) electrons. The number of alkyl halides is 1. The zero-order valence-corrected chi connectivity index (χ0v) is 9.37. The van der Waals surface area contributed by atoms with E-state index in [0.29, 0.717) is 5.88 Å². The quantitative estimate of drug-likeness (QED) is 0.828. The van der Waals surface area contributed by atoms with Crippen LogP contribution in [0.3, 0.4) is 0 Å². The number of hydrogen-bond donors (Lipinski definition) is 1. The summed E-state index contributed by atoms with van der Waals surface area (Å²) in [5, 5.41) is 10.8. The molecule has 0 fully saturated rings. The van der Waals surface area contributed by atoms with Crippen LogP contribution >= 0.6 is 11.6 Å². The maximum Gasteiger partial charge on any atom is 0.307 e. The highest BCUT2D eigenvalue weighted by atomic mass is 35.5. The topological polar surface area (TPSA) is 37.3 Å². The van der Waals surface area contributed by atoms with Crippen LogP contribution in [-0.2, 0) is 17.1 Å². The van der Waals surface area contributed by atoms with E-state index in [1.54, 1.807) is 0 Å². The van der Waals surface area contributed by atoms with Crippen LogP contribution in [0.2, 0.25) is 0 Å². The molecule has 16 heavy (non-hydrogen) atoms. The van der Waals surface area contributed by atoms with Crippen molar-refractivity contribution in [1.82, 2.24) is 0 Å². The Morgan fingerprint density at radius 1 is 1.06 bits per heavy atom. The molecule has 1 N–H and O–H groups in total. The van der Waals surface area contributed by atoms with E-state index in [1.165, 1.54) is 0 Å². The molecule has 0 aliphatic carbocycles. The van der Waals surface area contributed by atoms with E-state index in [2.05, 4.69) is 0 Å². The third kappa shape index (κ3) is 2.34. The average Bonchev–Trinajstić information content (AvgIpc) is 2.27. The first-order valence-corrected chi connectivity index (χ1v) is 5.52. The maximum absolute atomic E-state index is 10.6. The highest BCUT2D eigenvalue weighted by molar-refractivity contribution is 6.17. The molecule has 0 aliphatic heterocycles. The second-order valence-corrected chi connectivity index (χ2v) is 3.99. The van der Waals surface area contributed by atoms with E-state index in [1.807, 2.05) is 36.4 Å². The van der Waals surface area contributed by atoms with Crippen LogP contribution in [0, 0.1) is 0 Å². The molecule has 0 atom stereocenters. The summed E-state index contributed by atoms with van der Waals surface area (Å²) in [6, 6.07) is 11.6. The van der Waals surface area contributed by atoms with Gasteiger partial charge in [0.05, 0.1) is 6.42 Å². The van der Waals surface area contributed by atoms with Gasteiger partial charge in [-0.05, 0) is 28.0 Å². The van der Waals surface area contributed by atoms with E-state index < -0.39 is 5.97 Å². The van der Waals surface area contributed by atoms with Crippen molar-refractivity contribution in [3.8, 4) is 0 Å². The number of aliphatic carboxylic acids is 1. The van der Waals surface area contributed by atoms with Crippen LogP contribution < -0.4 is 0 Å². The number of fused-ring (bicyclic) bond motifs is 1. The molecular weight excluding hydrogens is 224 g/mol. The second kappa shape index (κ2) is 4.54. The standard InChI is InChI=1S/C13H11ClO2/c14-8-10-2-4-11-5-9(7-13(15)16)1-3-12(11)6-10/h1-6H,7-8H2,(H,15,16). The van der Waals surface area contributed by atoms with Crippen LogP contribution in [0.4, 0.5) is 0 Å². The number of carboxylic acids is 1. The summed E-state index contributed by atoms with van der Waals surface area (Å²) in [7, 11) is 0. The Balaban J connectivity index is 2.43. The molecule has 2 aromatic rings. The molecule has 0 saturated heterocycles. The van der Waals surface area contributed by atoms with Gasteiger partial charge in [-0.3, -0.25) is 4.79 Å². The number of carbonyl (C=O) groups is 1. The van der Waals surface area contributed by atoms with Gasteiger partial charge in [0.25, 0.3) is 0 Å². The predicted octanol–water partition coefficient (Wildman–Crippen LogP) is 3.21. The second-order valence-electron chi connectivity index (χ2n) is 3.72. The van der Waals surface area contributed by atoms with Crippen LogP contribution in [0.5, 0.6) is 0 Å². The fraction of sp³-hybridized carbons (Fsp3) is 0.154. The molecule has 0 bridgehead atoms. The monoisotopic (exact) mass is 234 g/mol. The molecule has 3 heteroatoms. The Kier molecular flexibility index (Phi) is 3.11. The number of carboxylic acid groups (broad SMARTS) is 1. The van der Waals surface area contributed by atoms with Gasteiger partial charge < -0.3 is 5.11 Å². The van der Waals surface area contributed by atoms with Crippen LogP contribution in [-0.4, -0.2) is 11.1 Å². The third-order valence-corrected chi connectivity index (χ3v) is 2.79. The van der Waals surface area contributed by atoms with Gasteiger partial charge in [0.15, 0.2) is 0 Å². The first-order valence-electron chi connectivity index (χ1n) is 4.98. The Hall–Kier alpha value is -1.54. The molecule has 2 nitrogen and oxygen atoms in total. The maximum atomic E-state index is 10.6. The van der Waals surface area contributed by atoms with E-state index >= 15 is 0 Å². The summed E-state index contributed by atoms with van der Waals surface area (Å²) in [5.41, 5.74) is 1.89. The molecule has 0 amide bonds. The molecule has 2 rings (SSSR count). The smallest absolute Gasteiger partial charge is 0.307 e. The van der Waals surface area contributed by atoms with Gasteiger partial charge in [-0.15, -0.1) is 11.6 Å². The van der Waals surface area contributed by atoms with E-state index in [9.17, 15) is 4.79 Å². The van der Waals surface area contributed by atoms with E-state index in [0.717, 1.165) is 21.9 Å². The molecule has 0 saturated carbocycles. The molecule has 0 aliphatic rings. The highest BCUT2D eigenvalue weighted by Gasteiger charge is 2.02. The van der Waals surface area contributed by atoms with Gasteiger partial charge >= 0.3 is 5.97 Å². The zero-order chi connectivity index (χ0) is 11.5. The van der Waals surface area contributed by atoms with Gasteiger partial charge in [-0.2, -0.15) is 0 Å². The lowest BCUT2D eigenvalue weighted by Crippen LogP contribution is -1.99. The SMILES string of the molecule is O=C(O)Cc1ccc2cc(CCl)ccc2c1. The van der Waals surface area contributed by atoms with Crippen LogP contribution in [0.25, 0.3) is 10.8 Å². The lowest BCUT2D eigenvalue weighted by molar-refractivity contribution is -0.136. The molecule has 0 unspecified atom stereocenters. The molecule has 0 spiro atoms. The summed E-state index contributed by atoms with van der Waals surface area (Å²) >= 11 is 5.75. The first kappa shape index (κ1) is 11.0. The Labute approximate surface area is 98.5 Å². The van der Waals surface area contributed by atoms with Crippen molar-refractivity contribution in [3.63, 3.8) is 0 Å². The van der Waals surface area contributed by atoms with Crippen molar-refractivity contribution in [2.24, 2.45) is 0 Å². The summed E-state index contributed by atoms with van der Waals surface area (Å²) in [6.45, 7) is 0. The molecule has 82 valence electrons. The summed E-state index contributed by atoms with van der Waals surface area (Å²) < 4.78 is 0. The van der Waals surface area contributed by atoms with Gasteiger partial charge in [-0.25, -0.2) is 0 Å². The van der Waals surface area contributed by atoms with Gasteiger partial charge in [0, 0.05) is 5.88 Å². The van der Waals surface area contributed by atoms with Crippen molar-refractivity contribution in [3.05, 3.63) is 47.5 Å². The fourth-order valence-corrected chi connectivity index (χ4v) is 1.88. The lowest BCUT2D eigenvalue weighted by Gasteiger charge is -2.03. The summed E-state index contributed by atoms with van der Waals surface area (Å²) in [6.07, 6.45) is 0.0627. The van der Waals surface area contributed by atoms with E-state index in [-0.39, 0.29) is 6.42 Å². The molecule has 2 aromatic carbocycles. The number of halogens is 1. The van der Waals surface area contributed by atoms with Crippen molar-refractivity contribution >= 4 is 28.3 Å². The minimum absolute atomic E-state index is 0.0627. The zero-order valence-electron chi connectivity index (χ0n) is 8.61. The number of benzene rings is 2. The van der Waals surface area contributed by atoms with Gasteiger partial charge in [-0.1, -0.05) is 30.3 Å². The van der Waals surface area contributed by atoms with Crippen LogP contribution in [0.15, 0.2) is 36.4 Å². The van der Waals surface area contributed by atoms with Crippen LogP contribution in [0.1, 0.15) is 11.1 Å². The Morgan fingerprint density at radius 2 is 1.62 bits per heavy atom.